The number of carbonyl (C=O) groups excluding carboxylic acids is 1. The third kappa shape index (κ3) is 2.41. The van der Waals surface area contributed by atoms with Gasteiger partial charge in [0.2, 0.25) is 5.91 Å². The highest BCUT2D eigenvalue weighted by atomic mass is 16.2. The minimum Gasteiger partial charge on any atom is -0.345 e. The fourth-order valence-corrected chi connectivity index (χ4v) is 2.81. The maximum absolute atomic E-state index is 12.5. The molecule has 3 atom stereocenters. The zero-order valence-corrected chi connectivity index (χ0v) is 12.4. The average Bonchev–Trinajstić information content (AvgIpc) is 2.79. The predicted molar refractivity (Wildman–Crippen MR) is 76.7 cm³/mol. The van der Waals surface area contributed by atoms with Gasteiger partial charge in [0.25, 0.3) is 0 Å². The highest BCUT2D eigenvalue weighted by Gasteiger charge is 2.32. The molecule has 0 bridgehead atoms. The van der Waals surface area contributed by atoms with Crippen LogP contribution in [0.4, 0.5) is 0 Å². The van der Waals surface area contributed by atoms with Gasteiger partial charge in [-0.05, 0) is 31.9 Å². The number of hydrogen-bond donors (Lipinski definition) is 1. The van der Waals surface area contributed by atoms with E-state index in [0.717, 1.165) is 19.5 Å². The second-order valence-corrected chi connectivity index (χ2v) is 5.67. The Balaban J connectivity index is 2.18. The maximum atomic E-state index is 12.5. The van der Waals surface area contributed by atoms with Crippen LogP contribution >= 0.6 is 0 Å². The smallest absolute Gasteiger partial charge is 0.240 e. The van der Waals surface area contributed by atoms with Gasteiger partial charge in [-0.3, -0.25) is 4.79 Å². The lowest BCUT2D eigenvalue weighted by molar-refractivity contribution is -0.137. The maximum Gasteiger partial charge on any atom is 0.240 e. The van der Waals surface area contributed by atoms with E-state index in [1.54, 1.807) is 0 Å². The number of fused-ring (bicyclic) bond motifs is 1. The van der Waals surface area contributed by atoms with E-state index in [0.29, 0.717) is 0 Å². The lowest BCUT2D eigenvalue weighted by atomic mass is 9.97. The molecule has 1 aromatic rings. The second kappa shape index (κ2) is 5.37. The van der Waals surface area contributed by atoms with Crippen molar-refractivity contribution >= 4 is 5.91 Å². The first-order valence-electron chi connectivity index (χ1n) is 7.19. The van der Waals surface area contributed by atoms with Crippen molar-refractivity contribution in [1.82, 2.24) is 9.47 Å². The third-order valence-corrected chi connectivity index (χ3v) is 4.52. The molecular weight excluding hydrogens is 238 g/mol. The quantitative estimate of drug-likeness (QED) is 0.907. The van der Waals surface area contributed by atoms with E-state index in [9.17, 15) is 4.79 Å². The van der Waals surface area contributed by atoms with Crippen molar-refractivity contribution in [3.05, 3.63) is 23.5 Å². The molecule has 0 aromatic carbocycles. The van der Waals surface area contributed by atoms with Gasteiger partial charge >= 0.3 is 0 Å². The van der Waals surface area contributed by atoms with Gasteiger partial charge in [-0.15, -0.1) is 0 Å². The summed E-state index contributed by atoms with van der Waals surface area (Å²) in [5.74, 6) is 0.321. The molecule has 2 N–H and O–H groups in total. The van der Waals surface area contributed by atoms with Crippen LogP contribution in [-0.2, 0) is 11.3 Å². The van der Waals surface area contributed by atoms with Crippen LogP contribution in [0.25, 0.3) is 0 Å². The molecule has 0 radical (unpaired) electrons. The van der Waals surface area contributed by atoms with Crippen molar-refractivity contribution < 1.29 is 4.79 Å². The minimum atomic E-state index is -0.380. The average molecular weight is 263 g/mol. The molecule has 4 nitrogen and oxygen atoms in total. The number of carbonyl (C=O) groups is 1. The molecule has 0 saturated carbocycles. The molecule has 0 fully saturated rings. The first kappa shape index (κ1) is 14.1. The van der Waals surface area contributed by atoms with Gasteiger partial charge in [0, 0.05) is 24.5 Å². The molecule has 1 aliphatic heterocycles. The zero-order chi connectivity index (χ0) is 14.2. The SMILES string of the molecule is CCC(C)C(N)C(=O)N1CCn2c(C)ccc2C1C. The van der Waals surface area contributed by atoms with Crippen molar-refractivity contribution in [2.24, 2.45) is 11.7 Å². The normalized spacial score (nSPS) is 21.9. The lowest BCUT2D eigenvalue weighted by Crippen LogP contribution is -2.50. The number of amides is 1. The van der Waals surface area contributed by atoms with Gasteiger partial charge in [-0.25, -0.2) is 0 Å². The van der Waals surface area contributed by atoms with E-state index < -0.39 is 0 Å². The highest BCUT2D eigenvalue weighted by Crippen LogP contribution is 2.28. The Bertz CT molecular complexity index is 466. The Morgan fingerprint density at radius 2 is 2.16 bits per heavy atom. The molecule has 106 valence electrons. The summed E-state index contributed by atoms with van der Waals surface area (Å²) >= 11 is 0. The fraction of sp³-hybridized carbons (Fsp3) is 0.667. The van der Waals surface area contributed by atoms with Crippen molar-refractivity contribution in [2.75, 3.05) is 6.54 Å². The number of nitrogens with two attached hydrogens (primary N) is 1. The molecule has 4 heteroatoms. The molecule has 1 aromatic heterocycles. The van der Waals surface area contributed by atoms with Gasteiger partial charge < -0.3 is 15.2 Å². The van der Waals surface area contributed by atoms with Crippen LogP contribution in [0.1, 0.15) is 44.6 Å². The van der Waals surface area contributed by atoms with Crippen LogP contribution in [0.2, 0.25) is 0 Å². The number of aromatic nitrogens is 1. The molecule has 0 aliphatic carbocycles. The van der Waals surface area contributed by atoms with Crippen molar-refractivity contribution in [1.29, 1.82) is 0 Å². The Morgan fingerprint density at radius 1 is 1.47 bits per heavy atom. The topological polar surface area (TPSA) is 51.3 Å². The first-order chi connectivity index (χ1) is 8.97. The summed E-state index contributed by atoms with van der Waals surface area (Å²) in [6, 6.07) is 3.97. The molecule has 1 aliphatic rings. The summed E-state index contributed by atoms with van der Waals surface area (Å²) < 4.78 is 2.29. The Kier molecular flexibility index (Phi) is 3.99. The summed E-state index contributed by atoms with van der Waals surface area (Å²) in [7, 11) is 0. The summed E-state index contributed by atoms with van der Waals surface area (Å²) in [6.45, 7) is 9.95. The van der Waals surface area contributed by atoms with E-state index in [1.165, 1.54) is 11.4 Å². The van der Waals surface area contributed by atoms with Gasteiger partial charge in [-0.1, -0.05) is 20.3 Å². The van der Waals surface area contributed by atoms with E-state index in [4.69, 9.17) is 5.73 Å². The van der Waals surface area contributed by atoms with E-state index >= 15 is 0 Å². The van der Waals surface area contributed by atoms with Gasteiger partial charge in [0.15, 0.2) is 0 Å². The van der Waals surface area contributed by atoms with Crippen LogP contribution in [0.3, 0.4) is 0 Å². The Morgan fingerprint density at radius 3 is 2.79 bits per heavy atom. The monoisotopic (exact) mass is 263 g/mol. The number of hydrogen-bond acceptors (Lipinski definition) is 2. The molecule has 2 rings (SSSR count). The first-order valence-corrected chi connectivity index (χ1v) is 7.19. The van der Waals surface area contributed by atoms with E-state index in [-0.39, 0.29) is 23.9 Å². The van der Waals surface area contributed by atoms with E-state index in [2.05, 4.69) is 37.5 Å². The van der Waals surface area contributed by atoms with Crippen LogP contribution < -0.4 is 5.73 Å². The molecule has 3 unspecified atom stereocenters. The molecule has 1 amide bonds. The highest BCUT2D eigenvalue weighted by molar-refractivity contribution is 5.82. The molecule has 0 spiro atoms. The van der Waals surface area contributed by atoms with Gasteiger partial charge in [-0.2, -0.15) is 0 Å². The number of rotatable bonds is 3. The van der Waals surface area contributed by atoms with Crippen molar-refractivity contribution in [2.45, 2.75) is 52.7 Å². The van der Waals surface area contributed by atoms with Crippen molar-refractivity contribution in [3.63, 3.8) is 0 Å². The van der Waals surface area contributed by atoms with Gasteiger partial charge in [0.1, 0.15) is 0 Å². The largest absolute Gasteiger partial charge is 0.345 e. The molecule has 2 heterocycles. The lowest BCUT2D eigenvalue weighted by Gasteiger charge is -2.37. The minimum absolute atomic E-state index is 0.0898. The van der Waals surface area contributed by atoms with Crippen LogP contribution in [0.15, 0.2) is 12.1 Å². The zero-order valence-electron chi connectivity index (χ0n) is 12.4. The second-order valence-electron chi connectivity index (χ2n) is 5.67. The number of aryl methyl sites for hydroxylation is 1. The van der Waals surface area contributed by atoms with Crippen molar-refractivity contribution in [3.8, 4) is 0 Å². The molecular formula is C15H25N3O. The third-order valence-electron chi connectivity index (χ3n) is 4.52. The Hall–Kier alpha value is -1.29. The fourth-order valence-electron chi connectivity index (χ4n) is 2.81. The summed E-state index contributed by atoms with van der Waals surface area (Å²) in [6.07, 6.45) is 0.935. The van der Waals surface area contributed by atoms with E-state index in [1.807, 2.05) is 11.8 Å². The Labute approximate surface area is 115 Å². The summed E-state index contributed by atoms with van der Waals surface area (Å²) in [5, 5.41) is 0. The van der Waals surface area contributed by atoms with Crippen LogP contribution in [0, 0.1) is 12.8 Å². The molecule has 19 heavy (non-hydrogen) atoms. The summed E-state index contributed by atoms with van der Waals surface area (Å²) in [5.41, 5.74) is 8.57. The predicted octanol–water partition coefficient (Wildman–Crippen LogP) is 2.07. The summed E-state index contributed by atoms with van der Waals surface area (Å²) in [4.78, 5) is 14.5. The standard InChI is InChI=1S/C15H25N3O/c1-5-10(2)14(16)15(19)18-9-8-17-11(3)6-7-13(17)12(18)4/h6-7,10,12,14H,5,8-9,16H2,1-4H3. The van der Waals surface area contributed by atoms with Crippen LogP contribution in [0.5, 0.6) is 0 Å². The number of nitrogens with zero attached hydrogens (tertiary/aromatic N) is 2. The van der Waals surface area contributed by atoms with Gasteiger partial charge in [0.05, 0.1) is 12.1 Å². The molecule has 0 saturated heterocycles. The van der Waals surface area contributed by atoms with Crippen LogP contribution in [-0.4, -0.2) is 28.0 Å².